The largest absolute Gasteiger partial charge is 0.399 e. The number of hydrogen-bond acceptors (Lipinski definition) is 4. The van der Waals surface area contributed by atoms with Gasteiger partial charge in [0.25, 0.3) is 0 Å². The van der Waals surface area contributed by atoms with E-state index in [1.54, 1.807) is 22.9 Å². The lowest BCUT2D eigenvalue weighted by atomic mass is 10.1. The van der Waals surface area contributed by atoms with Gasteiger partial charge in [-0.05, 0) is 59.3 Å². The zero-order valence-electron chi connectivity index (χ0n) is 11.4. The first-order chi connectivity index (χ1) is 10.1. The van der Waals surface area contributed by atoms with Crippen molar-refractivity contribution >= 4 is 5.69 Å². The Morgan fingerprint density at radius 2 is 1.90 bits per heavy atom. The van der Waals surface area contributed by atoms with E-state index < -0.39 is 0 Å². The second kappa shape index (κ2) is 5.32. The van der Waals surface area contributed by atoms with E-state index in [9.17, 15) is 4.39 Å². The van der Waals surface area contributed by atoms with Gasteiger partial charge in [0.1, 0.15) is 5.82 Å². The Kier molecular flexibility index (Phi) is 3.35. The highest BCUT2D eigenvalue weighted by Gasteiger charge is 2.16. The summed E-state index contributed by atoms with van der Waals surface area (Å²) in [6, 6.07) is 13.5. The molecule has 1 unspecified atom stereocenters. The van der Waals surface area contributed by atoms with E-state index in [2.05, 4.69) is 15.5 Å². The van der Waals surface area contributed by atoms with Crippen LogP contribution in [0.1, 0.15) is 18.5 Å². The number of rotatable bonds is 3. The minimum atomic E-state index is -0.276. The summed E-state index contributed by atoms with van der Waals surface area (Å²) >= 11 is 0. The monoisotopic (exact) mass is 283 g/mol. The van der Waals surface area contributed by atoms with Crippen LogP contribution in [0.15, 0.2) is 48.5 Å². The van der Waals surface area contributed by atoms with Gasteiger partial charge in [0.05, 0.1) is 6.04 Å². The quantitative estimate of drug-likeness (QED) is 0.750. The Labute approximate surface area is 121 Å². The molecule has 0 saturated heterocycles. The summed E-state index contributed by atoms with van der Waals surface area (Å²) in [6.45, 7) is 1.92. The summed E-state index contributed by atoms with van der Waals surface area (Å²) in [4.78, 5) is 0. The molecule has 106 valence electrons. The molecule has 5 nitrogen and oxygen atoms in total. The molecule has 3 rings (SSSR count). The van der Waals surface area contributed by atoms with Crippen molar-refractivity contribution in [1.29, 1.82) is 0 Å². The summed E-state index contributed by atoms with van der Waals surface area (Å²) in [7, 11) is 0. The fraction of sp³-hybridized carbons (Fsp3) is 0.133. The number of halogens is 1. The van der Waals surface area contributed by atoms with E-state index in [1.165, 1.54) is 12.1 Å². The molecule has 0 aliphatic heterocycles. The molecule has 2 aromatic carbocycles. The van der Waals surface area contributed by atoms with Crippen molar-refractivity contribution in [3.05, 3.63) is 59.9 Å². The molecular formula is C15H14FN5. The highest BCUT2D eigenvalue weighted by Crippen LogP contribution is 2.24. The van der Waals surface area contributed by atoms with E-state index in [1.807, 2.05) is 25.1 Å². The SMILES string of the molecule is CC(c1cccc(F)c1)n1nnnc1-c1ccc(N)cc1. The van der Waals surface area contributed by atoms with Crippen LogP contribution in [0.3, 0.4) is 0 Å². The average molecular weight is 283 g/mol. The summed E-state index contributed by atoms with van der Waals surface area (Å²) in [5, 5.41) is 11.8. The molecule has 3 aromatic rings. The number of tetrazole rings is 1. The molecule has 1 heterocycles. The zero-order chi connectivity index (χ0) is 14.8. The predicted molar refractivity (Wildman–Crippen MR) is 77.9 cm³/mol. The summed E-state index contributed by atoms with van der Waals surface area (Å²) in [5.41, 5.74) is 8.03. The molecule has 1 aromatic heterocycles. The Bertz CT molecular complexity index is 751. The fourth-order valence-corrected chi connectivity index (χ4v) is 2.18. The van der Waals surface area contributed by atoms with Crippen molar-refractivity contribution in [3.63, 3.8) is 0 Å². The second-order valence-electron chi connectivity index (χ2n) is 4.80. The van der Waals surface area contributed by atoms with Crippen LogP contribution in [0.5, 0.6) is 0 Å². The number of aromatic nitrogens is 4. The molecule has 2 N–H and O–H groups in total. The molecule has 0 spiro atoms. The molecule has 0 amide bonds. The number of benzene rings is 2. The Morgan fingerprint density at radius 1 is 1.14 bits per heavy atom. The number of anilines is 1. The predicted octanol–water partition coefficient (Wildman–Crippen LogP) is 2.67. The average Bonchev–Trinajstić information content (AvgIpc) is 2.96. The van der Waals surface area contributed by atoms with Crippen LogP contribution in [0.25, 0.3) is 11.4 Å². The smallest absolute Gasteiger partial charge is 0.182 e. The standard InChI is InChI=1S/C15H14FN5/c1-10(12-3-2-4-13(16)9-12)21-15(18-19-20-21)11-5-7-14(17)8-6-11/h2-10H,17H2,1H3. The van der Waals surface area contributed by atoms with Crippen molar-refractivity contribution in [2.45, 2.75) is 13.0 Å². The first kappa shape index (κ1) is 13.2. The number of nitrogen functional groups attached to an aromatic ring is 1. The molecule has 0 aliphatic rings. The first-order valence-electron chi connectivity index (χ1n) is 6.54. The van der Waals surface area contributed by atoms with Gasteiger partial charge in [-0.2, -0.15) is 0 Å². The highest BCUT2D eigenvalue weighted by atomic mass is 19.1. The molecule has 0 aliphatic carbocycles. The molecule has 21 heavy (non-hydrogen) atoms. The van der Waals surface area contributed by atoms with Crippen LogP contribution in [0, 0.1) is 5.82 Å². The van der Waals surface area contributed by atoms with Gasteiger partial charge in [0, 0.05) is 11.3 Å². The maximum atomic E-state index is 13.4. The van der Waals surface area contributed by atoms with Crippen molar-refractivity contribution in [3.8, 4) is 11.4 Å². The van der Waals surface area contributed by atoms with Crippen molar-refractivity contribution < 1.29 is 4.39 Å². The van der Waals surface area contributed by atoms with Crippen molar-refractivity contribution in [2.75, 3.05) is 5.73 Å². The maximum Gasteiger partial charge on any atom is 0.182 e. The second-order valence-corrected chi connectivity index (χ2v) is 4.80. The molecule has 0 bridgehead atoms. The lowest BCUT2D eigenvalue weighted by Crippen LogP contribution is -2.10. The van der Waals surface area contributed by atoms with Gasteiger partial charge in [0.15, 0.2) is 5.82 Å². The maximum absolute atomic E-state index is 13.4. The Morgan fingerprint density at radius 3 is 2.62 bits per heavy atom. The molecule has 0 fully saturated rings. The van der Waals surface area contributed by atoms with Gasteiger partial charge in [-0.25, -0.2) is 9.07 Å². The van der Waals surface area contributed by atoms with Gasteiger partial charge in [-0.3, -0.25) is 0 Å². The first-order valence-corrected chi connectivity index (χ1v) is 6.54. The molecule has 0 saturated carbocycles. The summed E-state index contributed by atoms with van der Waals surface area (Å²) in [5.74, 6) is 0.341. The molecule has 6 heteroatoms. The zero-order valence-corrected chi connectivity index (χ0v) is 11.4. The van der Waals surface area contributed by atoms with Gasteiger partial charge in [0.2, 0.25) is 0 Å². The number of nitrogens with two attached hydrogens (primary N) is 1. The van der Waals surface area contributed by atoms with Crippen molar-refractivity contribution in [2.24, 2.45) is 0 Å². The third kappa shape index (κ3) is 2.60. The third-order valence-corrected chi connectivity index (χ3v) is 3.36. The van der Waals surface area contributed by atoms with Crippen LogP contribution in [0.2, 0.25) is 0 Å². The van der Waals surface area contributed by atoms with Crippen molar-refractivity contribution in [1.82, 2.24) is 20.2 Å². The number of nitrogens with zero attached hydrogens (tertiary/aromatic N) is 4. The summed E-state index contributed by atoms with van der Waals surface area (Å²) < 4.78 is 15.0. The fourth-order valence-electron chi connectivity index (χ4n) is 2.18. The van der Waals surface area contributed by atoms with Gasteiger partial charge in [-0.1, -0.05) is 12.1 Å². The molecule has 1 atom stereocenters. The minimum Gasteiger partial charge on any atom is -0.399 e. The minimum absolute atomic E-state index is 0.178. The lowest BCUT2D eigenvalue weighted by molar-refractivity contribution is 0.542. The van der Waals surface area contributed by atoms with Crippen LogP contribution in [-0.2, 0) is 0 Å². The van der Waals surface area contributed by atoms with E-state index in [4.69, 9.17) is 5.73 Å². The summed E-state index contributed by atoms with van der Waals surface area (Å²) in [6.07, 6.45) is 0. The van der Waals surface area contributed by atoms with Crippen LogP contribution in [0.4, 0.5) is 10.1 Å². The van der Waals surface area contributed by atoms with E-state index in [0.717, 1.165) is 11.1 Å². The van der Waals surface area contributed by atoms with Gasteiger partial charge in [-0.15, -0.1) is 5.10 Å². The van der Waals surface area contributed by atoms with E-state index in [0.29, 0.717) is 11.5 Å². The lowest BCUT2D eigenvalue weighted by Gasteiger charge is -2.14. The molecule has 0 radical (unpaired) electrons. The van der Waals surface area contributed by atoms with Crippen LogP contribution >= 0.6 is 0 Å². The number of hydrogen-bond donors (Lipinski definition) is 1. The molecular weight excluding hydrogens is 269 g/mol. The van der Waals surface area contributed by atoms with Gasteiger partial charge >= 0.3 is 0 Å². The van der Waals surface area contributed by atoms with Crippen LogP contribution in [-0.4, -0.2) is 20.2 Å². The van der Waals surface area contributed by atoms with Gasteiger partial charge < -0.3 is 5.73 Å². The normalized spacial score (nSPS) is 12.3. The Balaban J connectivity index is 2.00. The topological polar surface area (TPSA) is 69.6 Å². The van der Waals surface area contributed by atoms with E-state index in [-0.39, 0.29) is 11.9 Å². The third-order valence-electron chi connectivity index (χ3n) is 3.36. The highest BCUT2D eigenvalue weighted by molar-refractivity contribution is 5.58. The van der Waals surface area contributed by atoms with Crippen LogP contribution < -0.4 is 5.73 Å². The van der Waals surface area contributed by atoms with E-state index >= 15 is 0 Å². The Hall–Kier alpha value is -2.76.